The van der Waals surface area contributed by atoms with Gasteiger partial charge in [0.2, 0.25) is 5.16 Å². The Morgan fingerprint density at radius 2 is 1.90 bits per heavy atom. The van der Waals surface area contributed by atoms with Crippen LogP contribution in [0.15, 0.2) is 57.2 Å². The molecule has 0 unspecified atom stereocenters. The van der Waals surface area contributed by atoms with Gasteiger partial charge in [-0.05, 0) is 48.4 Å². The maximum atomic E-state index is 5.58. The molecule has 0 N–H and O–H groups in total. The van der Waals surface area contributed by atoms with Crippen LogP contribution in [0.2, 0.25) is 0 Å². The predicted molar refractivity (Wildman–Crippen MR) is 125 cm³/mol. The van der Waals surface area contributed by atoms with Gasteiger partial charge in [0, 0.05) is 16.1 Å². The third-order valence-corrected chi connectivity index (χ3v) is 5.76. The molecule has 0 amide bonds. The normalized spacial score (nSPS) is 11.4. The van der Waals surface area contributed by atoms with E-state index in [1.165, 1.54) is 5.56 Å². The quantitative estimate of drug-likeness (QED) is 0.283. The summed E-state index contributed by atoms with van der Waals surface area (Å²) in [5, 5.41) is 14.2. The highest BCUT2D eigenvalue weighted by Gasteiger charge is 2.15. The van der Waals surface area contributed by atoms with Crippen LogP contribution in [0, 0.1) is 0 Å². The Hall–Kier alpha value is -2.32. The summed E-state index contributed by atoms with van der Waals surface area (Å²) in [5.41, 5.74) is 2.12. The van der Waals surface area contributed by atoms with Crippen molar-refractivity contribution in [2.45, 2.75) is 37.6 Å². The van der Waals surface area contributed by atoms with Gasteiger partial charge in [0.25, 0.3) is 0 Å². The van der Waals surface area contributed by atoms with E-state index in [0.717, 1.165) is 32.5 Å². The lowest BCUT2D eigenvalue weighted by Crippen LogP contribution is -2.02. The first-order chi connectivity index (χ1) is 14.5. The number of rotatable bonds is 9. The summed E-state index contributed by atoms with van der Waals surface area (Å²) < 4.78 is 13.9. The zero-order chi connectivity index (χ0) is 21.5. The van der Waals surface area contributed by atoms with Crippen molar-refractivity contribution in [2.24, 2.45) is 5.10 Å². The number of halogens is 1. The molecule has 2 aromatic carbocycles. The molecule has 1 heterocycles. The van der Waals surface area contributed by atoms with Gasteiger partial charge in [-0.2, -0.15) is 9.78 Å². The number of benzene rings is 2. The molecule has 30 heavy (non-hydrogen) atoms. The topological polar surface area (TPSA) is 61.5 Å². The summed E-state index contributed by atoms with van der Waals surface area (Å²) in [6.07, 6.45) is 1.79. The van der Waals surface area contributed by atoms with E-state index in [0.29, 0.717) is 12.4 Å². The van der Waals surface area contributed by atoms with Gasteiger partial charge in [0.15, 0.2) is 17.3 Å². The Bertz CT molecular complexity index is 1000. The Balaban J connectivity index is 1.83. The molecular weight excluding hydrogens is 464 g/mol. The van der Waals surface area contributed by atoms with E-state index in [1.807, 2.05) is 41.9 Å². The molecule has 1 aromatic heterocycles. The van der Waals surface area contributed by atoms with E-state index >= 15 is 0 Å². The first-order valence-corrected chi connectivity index (χ1v) is 11.5. The number of ether oxygens (including phenoxy) is 2. The Labute approximate surface area is 189 Å². The second-order valence-electron chi connectivity index (χ2n) is 6.81. The molecule has 0 saturated heterocycles. The molecule has 6 nitrogen and oxygen atoms in total. The van der Waals surface area contributed by atoms with Gasteiger partial charge >= 0.3 is 0 Å². The summed E-state index contributed by atoms with van der Waals surface area (Å²) >= 11 is 5.08. The van der Waals surface area contributed by atoms with Crippen LogP contribution in [0.3, 0.4) is 0 Å². The molecule has 0 aliphatic heterocycles. The van der Waals surface area contributed by atoms with Gasteiger partial charge in [-0.25, -0.2) is 0 Å². The predicted octanol–water partition coefficient (Wildman–Crippen LogP) is 5.75. The highest BCUT2D eigenvalue weighted by Crippen LogP contribution is 2.28. The summed E-state index contributed by atoms with van der Waals surface area (Å²) in [7, 11) is 1.63. The standard InChI is InChI=1S/C22H25BrN4O2S/c1-5-29-19-11-8-17(12-20(19)28-4)13-24-27-21(15(2)3)25-26-22(27)30-14-16-6-9-18(23)10-7-16/h6-13,15H,5,14H2,1-4H3/b24-13-. The summed E-state index contributed by atoms with van der Waals surface area (Å²) in [6.45, 7) is 6.70. The maximum absolute atomic E-state index is 5.58. The zero-order valence-corrected chi connectivity index (χ0v) is 19.9. The first-order valence-electron chi connectivity index (χ1n) is 9.69. The second-order valence-corrected chi connectivity index (χ2v) is 8.67. The van der Waals surface area contributed by atoms with Crippen molar-refractivity contribution in [1.29, 1.82) is 0 Å². The SMILES string of the molecule is CCOc1ccc(/C=N\n2c(SCc3ccc(Br)cc3)nnc2C(C)C)cc1OC. The third kappa shape index (κ3) is 5.64. The average Bonchev–Trinajstić information content (AvgIpc) is 3.16. The molecule has 0 aliphatic rings. The van der Waals surface area contributed by atoms with E-state index < -0.39 is 0 Å². The fourth-order valence-corrected chi connectivity index (χ4v) is 3.84. The minimum absolute atomic E-state index is 0.201. The van der Waals surface area contributed by atoms with E-state index in [1.54, 1.807) is 25.1 Å². The Morgan fingerprint density at radius 1 is 1.13 bits per heavy atom. The summed E-state index contributed by atoms with van der Waals surface area (Å²) in [4.78, 5) is 0. The maximum Gasteiger partial charge on any atom is 0.212 e. The minimum atomic E-state index is 0.201. The van der Waals surface area contributed by atoms with Crippen LogP contribution in [0.1, 0.15) is 43.6 Å². The van der Waals surface area contributed by atoms with Crippen molar-refractivity contribution < 1.29 is 9.47 Å². The van der Waals surface area contributed by atoms with Crippen molar-refractivity contribution in [1.82, 2.24) is 14.9 Å². The Morgan fingerprint density at radius 3 is 2.57 bits per heavy atom. The zero-order valence-electron chi connectivity index (χ0n) is 17.5. The molecule has 0 radical (unpaired) electrons. The van der Waals surface area contributed by atoms with Gasteiger partial charge in [-0.15, -0.1) is 10.2 Å². The smallest absolute Gasteiger partial charge is 0.212 e. The van der Waals surface area contributed by atoms with E-state index in [4.69, 9.17) is 9.47 Å². The van der Waals surface area contributed by atoms with Crippen LogP contribution >= 0.6 is 27.7 Å². The summed E-state index contributed by atoms with van der Waals surface area (Å²) in [5.74, 6) is 3.21. The molecular formula is C22H25BrN4O2S. The second kappa shape index (κ2) is 10.6. The van der Waals surface area contributed by atoms with Crippen molar-refractivity contribution in [3.05, 3.63) is 63.9 Å². The molecule has 0 saturated carbocycles. The molecule has 158 valence electrons. The van der Waals surface area contributed by atoms with E-state index in [9.17, 15) is 0 Å². The van der Waals surface area contributed by atoms with Crippen molar-refractivity contribution in [3.8, 4) is 11.5 Å². The Kier molecular flexibility index (Phi) is 7.93. The number of hydrogen-bond acceptors (Lipinski definition) is 6. The summed E-state index contributed by atoms with van der Waals surface area (Å²) in [6, 6.07) is 14.0. The van der Waals surface area contributed by atoms with Gasteiger partial charge in [0.05, 0.1) is 19.9 Å². The molecule has 8 heteroatoms. The molecule has 0 atom stereocenters. The molecule has 0 bridgehead atoms. The van der Waals surface area contributed by atoms with Gasteiger partial charge in [-0.1, -0.05) is 53.7 Å². The van der Waals surface area contributed by atoms with Crippen molar-refractivity contribution in [3.63, 3.8) is 0 Å². The van der Waals surface area contributed by atoms with Crippen LogP contribution in [0.25, 0.3) is 0 Å². The van der Waals surface area contributed by atoms with Crippen molar-refractivity contribution in [2.75, 3.05) is 13.7 Å². The van der Waals surface area contributed by atoms with Gasteiger partial charge in [-0.3, -0.25) is 0 Å². The third-order valence-electron chi connectivity index (χ3n) is 4.24. The minimum Gasteiger partial charge on any atom is -0.493 e. The molecule has 3 aromatic rings. The highest BCUT2D eigenvalue weighted by molar-refractivity contribution is 9.10. The van der Waals surface area contributed by atoms with Gasteiger partial charge in [0.1, 0.15) is 0 Å². The molecule has 0 fully saturated rings. The van der Waals surface area contributed by atoms with Crippen LogP contribution in [0.5, 0.6) is 11.5 Å². The first kappa shape index (κ1) is 22.4. The van der Waals surface area contributed by atoms with Crippen molar-refractivity contribution >= 4 is 33.9 Å². The van der Waals surface area contributed by atoms with Crippen LogP contribution in [-0.2, 0) is 5.75 Å². The van der Waals surface area contributed by atoms with Crippen LogP contribution in [0.4, 0.5) is 0 Å². The number of aromatic nitrogens is 3. The molecule has 3 rings (SSSR count). The number of hydrogen-bond donors (Lipinski definition) is 0. The highest BCUT2D eigenvalue weighted by atomic mass is 79.9. The number of methoxy groups -OCH3 is 1. The molecule has 0 spiro atoms. The average molecular weight is 489 g/mol. The number of thioether (sulfide) groups is 1. The van der Waals surface area contributed by atoms with Crippen LogP contribution in [-0.4, -0.2) is 34.8 Å². The molecule has 0 aliphatic carbocycles. The van der Waals surface area contributed by atoms with Gasteiger partial charge < -0.3 is 9.47 Å². The largest absolute Gasteiger partial charge is 0.493 e. The fraction of sp³-hybridized carbons (Fsp3) is 0.318. The van der Waals surface area contributed by atoms with Crippen LogP contribution < -0.4 is 9.47 Å². The monoisotopic (exact) mass is 488 g/mol. The van der Waals surface area contributed by atoms with E-state index in [2.05, 4.69) is 57.2 Å². The van der Waals surface area contributed by atoms with E-state index in [-0.39, 0.29) is 5.92 Å². The number of nitrogens with zero attached hydrogens (tertiary/aromatic N) is 4. The lowest BCUT2D eigenvalue weighted by atomic mass is 10.2. The lowest BCUT2D eigenvalue weighted by molar-refractivity contribution is 0.311. The lowest BCUT2D eigenvalue weighted by Gasteiger charge is -2.10. The fourth-order valence-electron chi connectivity index (χ4n) is 2.73.